The van der Waals surface area contributed by atoms with E-state index in [0.717, 1.165) is 16.8 Å². The molecule has 1 aromatic carbocycles. The lowest BCUT2D eigenvalue weighted by Gasteiger charge is -2.10. The van der Waals surface area contributed by atoms with E-state index in [1.165, 1.54) is 17.0 Å². The van der Waals surface area contributed by atoms with Crippen molar-refractivity contribution in [3.63, 3.8) is 0 Å². The van der Waals surface area contributed by atoms with Gasteiger partial charge < -0.3 is 9.87 Å². The SMILES string of the molecule is C[S+]([O-])c1nc(NCc2ccc(-c3ccccn3)cc2)n2ncc(Cl)c2n1. The zero-order chi connectivity index (χ0) is 18.8. The second-order valence-corrected chi connectivity index (χ2v) is 7.46. The minimum atomic E-state index is -1.33. The molecule has 7 nitrogen and oxygen atoms in total. The molecule has 4 aromatic rings. The molecule has 4 rings (SSSR count). The molecule has 0 saturated heterocycles. The zero-order valence-electron chi connectivity index (χ0n) is 14.3. The van der Waals surface area contributed by atoms with Crippen molar-refractivity contribution in [3.05, 3.63) is 65.4 Å². The van der Waals surface area contributed by atoms with E-state index >= 15 is 0 Å². The number of pyridine rings is 1. The van der Waals surface area contributed by atoms with Crippen LogP contribution < -0.4 is 5.32 Å². The van der Waals surface area contributed by atoms with Gasteiger partial charge in [0.15, 0.2) is 5.65 Å². The number of hydrogen-bond acceptors (Lipinski definition) is 6. The van der Waals surface area contributed by atoms with Gasteiger partial charge in [-0.25, -0.2) is 0 Å². The molecular weight excluding hydrogens is 384 g/mol. The number of nitrogens with zero attached hydrogens (tertiary/aromatic N) is 5. The van der Waals surface area contributed by atoms with Gasteiger partial charge in [0.05, 0.1) is 11.9 Å². The van der Waals surface area contributed by atoms with Crippen LogP contribution in [0.15, 0.2) is 60.0 Å². The highest BCUT2D eigenvalue weighted by molar-refractivity contribution is 7.90. The van der Waals surface area contributed by atoms with Crippen LogP contribution in [0.1, 0.15) is 5.56 Å². The maximum atomic E-state index is 11.8. The minimum absolute atomic E-state index is 0.206. The van der Waals surface area contributed by atoms with Crippen LogP contribution >= 0.6 is 11.6 Å². The Hall–Kier alpha value is -2.68. The summed E-state index contributed by atoms with van der Waals surface area (Å²) in [7, 11) is 0. The predicted octanol–water partition coefficient (Wildman–Crippen LogP) is 3.19. The Morgan fingerprint density at radius 1 is 1.15 bits per heavy atom. The van der Waals surface area contributed by atoms with Gasteiger partial charge in [0.25, 0.3) is 0 Å². The molecule has 1 unspecified atom stereocenters. The van der Waals surface area contributed by atoms with Gasteiger partial charge in [-0.15, -0.1) is 4.98 Å². The monoisotopic (exact) mass is 398 g/mol. The van der Waals surface area contributed by atoms with Gasteiger partial charge in [-0.05, 0) is 17.7 Å². The van der Waals surface area contributed by atoms with Crippen molar-refractivity contribution in [2.24, 2.45) is 0 Å². The highest BCUT2D eigenvalue weighted by atomic mass is 35.5. The third-order valence-corrected chi connectivity index (χ3v) is 4.89. The van der Waals surface area contributed by atoms with E-state index in [9.17, 15) is 4.55 Å². The van der Waals surface area contributed by atoms with Crippen LogP contribution in [0.5, 0.6) is 0 Å². The second kappa shape index (κ2) is 7.51. The smallest absolute Gasteiger partial charge is 0.347 e. The fraction of sp³-hybridized carbons (Fsp3) is 0.111. The topological polar surface area (TPSA) is 91.1 Å². The van der Waals surface area contributed by atoms with Gasteiger partial charge >= 0.3 is 5.16 Å². The molecule has 0 fully saturated rings. The number of hydrogen-bond donors (Lipinski definition) is 1. The molecule has 27 heavy (non-hydrogen) atoms. The zero-order valence-corrected chi connectivity index (χ0v) is 15.9. The molecule has 9 heteroatoms. The van der Waals surface area contributed by atoms with Gasteiger partial charge in [0.2, 0.25) is 5.95 Å². The van der Waals surface area contributed by atoms with Crippen molar-refractivity contribution in [2.45, 2.75) is 11.7 Å². The van der Waals surface area contributed by atoms with Crippen LogP contribution in [0.2, 0.25) is 5.02 Å². The van der Waals surface area contributed by atoms with E-state index in [-0.39, 0.29) is 5.16 Å². The quantitative estimate of drug-likeness (QED) is 0.519. The van der Waals surface area contributed by atoms with E-state index in [0.29, 0.717) is 23.2 Å². The summed E-state index contributed by atoms with van der Waals surface area (Å²) in [5.41, 5.74) is 3.45. The highest BCUT2D eigenvalue weighted by Gasteiger charge is 2.17. The fourth-order valence-electron chi connectivity index (χ4n) is 2.58. The van der Waals surface area contributed by atoms with Crippen LogP contribution in [0.25, 0.3) is 16.9 Å². The van der Waals surface area contributed by atoms with E-state index in [2.05, 4.69) is 25.4 Å². The average Bonchev–Trinajstić information content (AvgIpc) is 3.08. The molecule has 0 saturated carbocycles. The standard InChI is InChI=1S/C18H15ClN6OS/c1-27(26)18-23-16-14(19)11-22-25(16)17(24-18)21-10-12-5-7-13(8-6-12)15-4-2-3-9-20-15/h2-9,11H,10H2,1H3,(H,21,23,24). The molecule has 1 N–H and O–H groups in total. The van der Waals surface area contributed by atoms with Crippen molar-refractivity contribution in [1.29, 1.82) is 0 Å². The van der Waals surface area contributed by atoms with Crippen molar-refractivity contribution in [3.8, 4) is 11.3 Å². The number of anilines is 1. The van der Waals surface area contributed by atoms with Crippen LogP contribution in [-0.4, -0.2) is 35.4 Å². The summed E-state index contributed by atoms with van der Waals surface area (Å²) < 4.78 is 13.3. The number of benzene rings is 1. The first-order chi connectivity index (χ1) is 13.1. The summed E-state index contributed by atoms with van der Waals surface area (Å²) in [6, 6.07) is 13.9. The molecule has 136 valence electrons. The van der Waals surface area contributed by atoms with Gasteiger partial charge in [-0.3, -0.25) is 4.98 Å². The molecule has 3 heterocycles. The summed E-state index contributed by atoms with van der Waals surface area (Å²) in [4.78, 5) is 12.9. The number of fused-ring (bicyclic) bond motifs is 1. The first-order valence-electron chi connectivity index (χ1n) is 8.11. The van der Waals surface area contributed by atoms with Crippen LogP contribution in [0.3, 0.4) is 0 Å². The number of nitrogens with one attached hydrogen (secondary N) is 1. The van der Waals surface area contributed by atoms with Gasteiger partial charge in [0.1, 0.15) is 11.3 Å². The van der Waals surface area contributed by atoms with Gasteiger partial charge in [0, 0.05) is 29.5 Å². The normalized spacial score (nSPS) is 12.3. The number of rotatable bonds is 5. The second-order valence-electron chi connectivity index (χ2n) is 5.78. The molecule has 3 aromatic heterocycles. The molecule has 1 atom stereocenters. The lowest BCUT2D eigenvalue weighted by Crippen LogP contribution is -2.13. The minimum Gasteiger partial charge on any atom is -0.609 e. The summed E-state index contributed by atoms with van der Waals surface area (Å²) >= 11 is 4.78. The van der Waals surface area contributed by atoms with Crippen molar-refractivity contribution >= 4 is 34.4 Å². The summed E-state index contributed by atoms with van der Waals surface area (Å²) in [6.07, 6.45) is 4.78. The third-order valence-electron chi connectivity index (χ3n) is 3.93. The summed E-state index contributed by atoms with van der Waals surface area (Å²) in [5, 5.41) is 7.97. The van der Waals surface area contributed by atoms with E-state index in [1.54, 1.807) is 6.20 Å². The lowest BCUT2D eigenvalue weighted by molar-refractivity contribution is 0.591. The van der Waals surface area contributed by atoms with Crippen LogP contribution in [-0.2, 0) is 17.7 Å². The molecule has 0 aliphatic heterocycles. The lowest BCUT2D eigenvalue weighted by atomic mass is 10.1. The summed E-state index contributed by atoms with van der Waals surface area (Å²) in [6.45, 7) is 0.516. The van der Waals surface area contributed by atoms with Gasteiger partial charge in [-0.2, -0.15) is 14.6 Å². The number of halogens is 1. The first kappa shape index (κ1) is 17.7. The van der Waals surface area contributed by atoms with E-state index in [1.807, 2.05) is 42.5 Å². The largest absolute Gasteiger partial charge is 0.609 e. The Balaban J connectivity index is 1.56. The third kappa shape index (κ3) is 3.73. The molecule has 0 aliphatic rings. The van der Waals surface area contributed by atoms with Gasteiger partial charge in [-0.1, -0.05) is 41.9 Å². The Bertz CT molecular complexity index is 1070. The van der Waals surface area contributed by atoms with Crippen molar-refractivity contribution in [2.75, 3.05) is 11.6 Å². The molecular formula is C18H15ClN6OS. The molecule has 0 bridgehead atoms. The van der Waals surface area contributed by atoms with Crippen LogP contribution in [0, 0.1) is 0 Å². The fourth-order valence-corrected chi connectivity index (χ4v) is 3.18. The molecule has 0 aliphatic carbocycles. The predicted molar refractivity (Wildman–Crippen MR) is 105 cm³/mol. The van der Waals surface area contributed by atoms with Crippen molar-refractivity contribution < 1.29 is 4.55 Å². The highest BCUT2D eigenvalue weighted by Crippen LogP contribution is 2.20. The van der Waals surface area contributed by atoms with E-state index < -0.39 is 11.2 Å². The first-order valence-corrected chi connectivity index (χ1v) is 10.0. The van der Waals surface area contributed by atoms with Crippen molar-refractivity contribution in [1.82, 2.24) is 24.6 Å². The Morgan fingerprint density at radius 2 is 1.96 bits per heavy atom. The Kier molecular flexibility index (Phi) is 4.93. The molecule has 0 spiro atoms. The molecule has 0 radical (unpaired) electrons. The molecule has 0 amide bonds. The number of aromatic nitrogens is 5. The summed E-state index contributed by atoms with van der Waals surface area (Å²) in [5.74, 6) is 0.436. The maximum Gasteiger partial charge on any atom is 0.347 e. The average molecular weight is 399 g/mol. The van der Waals surface area contributed by atoms with Crippen LogP contribution in [0.4, 0.5) is 5.95 Å². The van der Waals surface area contributed by atoms with E-state index in [4.69, 9.17) is 11.6 Å². The Labute approximate surface area is 163 Å². The maximum absolute atomic E-state index is 11.8. The Morgan fingerprint density at radius 3 is 2.67 bits per heavy atom.